The van der Waals surface area contributed by atoms with Crippen molar-refractivity contribution < 1.29 is 16.8 Å². The van der Waals surface area contributed by atoms with Gasteiger partial charge in [-0.15, -0.1) is 0 Å². The molecule has 0 saturated carbocycles. The first-order chi connectivity index (χ1) is 8.17. The first-order valence-corrected chi connectivity index (χ1v) is 8.87. The van der Waals surface area contributed by atoms with E-state index in [2.05, 4.69) is 0 Å². The monoisotopic (exact) mass is 292 g/mol. The lowest BCUT2D eigenvalue weighted by molar-refractivity contribution is 0.589. The summed E-state index contributed by atoms with van der Waals surface area (Å²) in [5.74, 6) is 0. The van der Waals surface area contributed by atoms with E-state index in [9.17, 15) is 16.8 Å². The summed E-state index contributed by atoms with van der Waals surface area (Å²) in [7, 11) is -7.57. The summed E-state index contributed by atoms with van der Waals surface area (Å²) in [5.41, 5.74) is 6.29. The van der Waals surface area contributed by atoms with E-state index >= 15 is 0 Å². The number of nitrogen functional groups attached to an aromatic ring is 1. The number of para-hydroxylation sites is 2. The zero-order valence-electron chi connectivity index (χ0n) is 10.2. The van der Waals surface area contributed by atoms with E-state index in [0.717, 1.165) is 10.6 Å². The highest BCUT2D eigenvalue weighted by Gasteiger charge is 2.26. The van der Waals surface area contributed by atoms with Crippen molar-refractivity contribution in [3.63, 3.8) is 0 Å². The molecule has 102 valence electrons. The molecule has 0 aliphatic carbocycles. The van der Waals surface area contributed by atoms with E-state index in [4.69, 9.17) is 5.73 Å². The SMILES string of the molecule is CCN(c1ccccc1N)S(=O)(=O)CS(C)(=O)=O. The number of sulfone groups is 1. The van der Waals surface area contributed by atoms with E-state index in [0.29, 0.717) is 5.69 Å². The number of anilines is 2. The van der Waals surface area contributed by atoms with Crippen molar-refractivity contribution in [3.8, 4) is 0 Å². The second-order valence-corrected chi connectivity index (χ2v) is 8.28. The Hall–Kier alpha value is -1.28. The number of hydrogen-bond donors (Lipinski definition) is 1. The maximum atomic E-state index is 12.0. The fraction of sp³-hybridized carbons (Fsp3) is 0.400. The Bertz CT molecular complexity index is 623. The van der Waals surface area contributed by atoms with Gasteiger partial charge in [-0.25, -0.2) is 16.8 Å². The molecular weight excluding hydrogens is 276 g/mol. The van der Waals surface area contributed by atoms with Gasteiger partial charge in [-0.1, -0.05) is 12.1 Å². The molecule has 0 aliphatic rings. The number of nitrogens with zero attached hydrogens (tertiary/aromatic N) is 1. The maximum absolute atomic E-state index is 12.0. The zero-order chi connectivity index (χ0) is 14.0. The van der Waals surface area contributed by atoms with Gasteiger partial charge < -0.3 is 5.73 Å². The Balaban J connectivity index is 3.24. The van der Waals surface area contributed by atoms with Gasteiger partial charge >= 0.3 is 0 Å². The molecule has 6 nitrogen and oxygen atoms in total. The summed E-state index contributed by atoms with van der Waals surface area (Å²) in [6, 6.07) is 6.42. The van der Waals surface area contributed by atoms with Gasteiger partial charge in [0.1, 0.15) is 0 Å². The predicted molar refractivity (Wildman–Crippen MR) is 72.5 cm³/mol. The second-order valence-electron chi connectivity index (χ2n) is 3.88. The molecule has 0 radical (unpaired) electrons. The summed E-state index contributed by atoms with van der Waals surface area (Å²) >= 11 is 0. The van der Waals surface area contributed by atoms with Crippen molar-refractivity contribution in [2.24, 2.45) is 0 Å². The van der Waals surface area contributed by atoms with Crippen LogP contribution in [0.5, 0.6) is 0 Å². The van der Waals surface area contributed by atoms with Crippen LogP contribution in [0.2, 0.25) is 0 Å². The first-order valence-electron chi connectivity index (χ1n) is 5.20. The van der Waals surface area contributed by atoms with Crippen LogP contribution in [-0.4, -0.2) is 34.7 Å². The van der Waals surface area contributed by atoms with Crippen LogP contribution in [0.15, 0.2) is 24.3 Å². The highest BCUT2D eigenvalue weighted by atomic mass is 32.3. The third-order valence-corrected chi connectivity index (χ3v) is 6.22. The summed E-state index contributed by atoms with van der Waals surface area (Å²) < 4.78 is 47.3. The molecule has 1 rings (SSSR count). The molecule has 0 unspecified atom stereocenters. The fourth-order valence-corrected chi connectivity index (χ4v) is 5.10. The van der Waals surface area contributed by atoms with Crippen LogP contribution >= 0.6 is 0 Å². The molecule has 0 amide bonds. The topological polar surface area (TPSA) is 97.5 Å². The van der Waals surface area contributed by atoms with Crippen LogP contribution in [0.3, 0.4) is 0 Å². The molecule has 8 heteroatoms. The Morgan fingerprint density at radius 3 is 2.17 bits per heavy atom. The molecule has 0 heterocycles. The fourth-order valence-electron chi connectivity index (χ4n) is 1.57. The predicted octanol–water partition coefficient (Wildman–Crippen LogP) is 0.427. The van der Waals surface area contributed by atoms with Crippen LogP contribution in [0.4, 0.5) is 11.4 Å². The average molecular weight is 292 g/mol. The molecule has 0 aromatic heterocycles. The van der Waals surface area contributed by atoms with E-state index < -0.39 is 24.9 Å². The van der Waals surface area contributed by atoms with Gasteiger partial charge in [0.05, 0.1) is 11.4 Å². The van der Waals surface area contributed by atoms with Gasteiger partial charge in [-0.3, -0.25) is 4.31 Å². The van der Waals surface area contributed by atoms with Gasteiger partial charge in [0, 0.05) is 12.8 Å². The van der Waals surface area contributed by atoms with Crippen LogP contribution in [0.25, 0.3) is 0 Å². The lowest BCUT2D eigenvalue weighted by atomic mass is 10.3. The molecule has 18 heavy (non-hydrogen) atoms. The molecule has 0 atom stereocenters. The van der Waals surface area contributed by atoms with E-state index in [1.807, 2.05) is 0 Å². The molecule has 0 saturated heterocycles. The van der Waals surface area contributed by atoms with E-state index in [1.54, 1.807) is 31.2 Å². The maximum Gasteiger partial charge on any atom is 0.249 e. The molecule has 1 aromatic rings. The minimum Gasteiger partial charge on any atom is -0.397 e. The molecule has 0 spiro atoms. The van der Waals surface area contributed by atoms with Crippen molar-refractivity contribution in [2.75, 3.05) is 27.9 Å². The van der Waals surface area contributed by atoms with E-state index in [1.165, 1.54) is 0 Å². The quantitative estimate of drug-likeness (QED) is 0.793. The van der Waals surface area contributed by atoms with Crippen molar-refractivity contribution >= 4 is 31.2 Å². The van der Waals surface area contributed by atoms with Crippen molar-refractivity contribution in [1.82, 2.24) is 0 Å². The molecule has 1 aromatic carbocycles. The number of benzene rings is 1. The molecule has 0 bridgehead atoms. The largest absolute Gasteiger partial charge is 0.397 e. The van der Waals surface area contributed by atoms with E-state index in [-0.39, 0.29) is 12.2 Å². The smallest absolute Gasteiger partial charge is 0.249 e. The van der Waals surface area contributed by atoms with Gasteiger partial charge in [0.25, 0.3) is 0 Å². The normalized spacial score (nSPS) is 12.3. The lowest BCUT2D eigenvalue weighted by Gasteiger charge is -2.23. The van der Waals surface area contributed by atoms with Crippen LogP contribution in [0.1, 0.15) is 6.92 Å². The second kappa shape index (κ2) is 5.15. The van der Waals surface area contributed by atoms with Crippen molar-refractivity contribution in [2.45, 2.75) is 6.92 Å². The third kappa shape index (κ3) is 3.61. The van der Waals surface area contributed by atoms with Crippen LogP contribution < -0.4 is 10.0 Å². The summed E-state index contributed by atoms with van der Waals surface area (Å²) in [4.78, 5) is 0. The summed E-state index contributed by atoms with van der Waals surface area (Å²) in [6.07, 6.45) is 0.882. The molecule has 0 aliphatic heterocycles. The van der Waals surface area contributed by atoms with Gasteiger partial charge in [0.2, 0.25) is 10.0 Å². The summed E-state index contributed by atoms with van der Waals surface area (Å²) in [6.45, 7) is 1.73. The highest BCUT2D eigenvalue weighted by Crippen LogP contribution is 2.25. The minimum atomic E-state index is -3.94. The van der Waals surface area contributed by atoms with Crippen molar-refractivity contribution in [3.05, 3.63) is 24.3 Å². The van der Waals surface area contributed by atoms with Crippen molar-refractivity contribution in [1.29, 1.82) is 0 Å². The number of rotatable bonds is 5. The van der Waals surface area contributed by atoms with Gasteiger partial charge in [-0.2, -0.15) is 0 Å². The third-order valence-electron chi connectivity index (χ3n) is 2.19. The molecular formula is C10H16N2O4S2. The number of sulfonamides is 1. The number of nitrogens with two attached hydrogens (primary N) is 1. The Morgan fingerprint density at radius 1 is 1.17 bits per heavy atom. The first kappa shape index (κ1) is 14.8. The highest BCUT2D eigenvalue weighted by molar-refractivity contribution is 8.08. The van der Waals surface area contributed by atoms with Crippen LogP contribution in [-0.2, 0) is 19.9 Å². The number of hydrogen-bond acceptors (Lipinski definition) is 5. The molecule has 0 fully saturated rings. The molecule has 2 N–H and O–H groups in total. The zero-order valence-corrected chi connectivity index (χ0v) is 11.8. The average Bonchev–Trinajstić information content (AvgIpc) is 2.17. The Kier molecular flexibility index (Phi) is 4.23. The summed E-state index contributed by atoms with van der Waals surface area (Å²) in [5, 5.41) is -0.928. The van der Waals surface area contributed by atoms with Gasteiger partial charge in [-0.05, 0) is 19.1 Å². The standard InChI is InChI=1S/C10H16N2O4S2/c1-3-12(10-7-5-4-6-9(10)11)18(15,16)8-17(2,13)14/h4-7H,3,8,11H2,1-2H3. The Morgan fingerprint density at radius 2 is 1.72 bits per heavy atom. The van der Waals surface area contributed by atoms with Gasteiger partial charge in [0.15, 0.2) is 14.9 Å². The minimum absolute atomic E-state index is 0.117. The lowest BCUT2D eigenvalue weighted by Crippen LogP contribution is -2.35. The Labute approximate surface area is 107 Å². The van der Waals surface area contributed by atoms with Crippen LogP contribution in [0, 0.1) is 0 Å².